The molecule has 0 saturated heterocycles. The molecule has 0 spiro atoms. The number of halogens is 1. The Morgan fingerprint density at radius 3 is 2.43 bits per heavy atom. The largest absolute Gasteiger partial charge is 0.386 e. The summed E-state index contributed by atoms with van der Waals surface area (Å²) in [4.78, 5) is 9.00. The van der Waals surface area contributed by atoms with Gasteiger partial charge in [-0.15, -0.1) is 0 Å². The molecule has 0 aliphatic carbocycles. The average molecular weight is 281 g/mol. The summed E-state index contributed by atoms with van der Waals surface area (Å²) in [5.74, 6) is 0.223. The number of benzene rings is 2. The normalized spacial score (nSPS) is 14.0. The first-order valence-corrected chi connectivity index (χ1v) is 6.79. The van der Waals surface area contributed by atoms with Crippen LogP contribution in [0.15, 0.2) is 46.4 Å². The summed E-state index contributed by atoms with van der Waals surface area (Å²) in [6, 6.07) is 10.4. The van der Waals surface area contributed by atoms with Crippen molar-refractivity contribution >= 4 is 17.2 Å². The molecular weight excluding hydrogens is 265 g/mol. The third-order valence-electron chi connectivity index (χ3n) is 3.65. The molecule has 0 saturated carbocycles. The van der Waals surface area contributed by atoms with Gasteiger partial charge in [-0.05, 0) is 61.4 Å². The van der Waals surface area contributed by atoms with Crippen LogP contribution in [-0.4, -0.2) is 18.1 Å². The number of nitrogens with two attached hydrogens (primary N) is 1. The van der Waals surface area contributed by atoms with E-state index in [1.54, 1.807) is 12.1 Å². The fourth-order valence-corrected chi connectivity index (χ4v) is 2.37. The zero-order valence-corrected chi connectivity index (χ0v) is 12.0. The third kappa shape index (κ3) is 2.57. The Bertz CT molecular complexity index is 758. The van der Waals surface area contributed by atoms with Gasteiger partial charge in [0.1, 0.15) is 11.7 Å². The molecular formula is C17H16FN3. The summed E-state index contributed by atoms with van der Waals surface area (Å²) in [6.07, 6.45) is 0. The van der Waals surface area contributed by atoms with E-state index in [9.17, 15) is 4.39 Å². The molecule has 0 aromatic heterocycles. The Kier molecular flexibility index (Phi) is 3.29. The first-order valence-electron chi connectivity index (χ1n) is 6.79. The van der Waals surface area contributed by atoms with Crippen molar-refractivity contribution in [3.05, 3.63) is 64.5 Å². The van der Waals surface area contributed by atoms with Gasteiger partial charge in [0.05, 0.1) is 17.9 Å². The lowest BCUT2D eigenvalue weighted by Crippen LogP contribution is -2.14. The third-order valence-corrected chi connectivity index (χ3v) is 3.65. The highest BCUT2D eigenvalue weighted by atomic mass is 19.1. The van der Waals surface area contributed by atoms with Crippen LogP contribution in [-0.2, 0) is 0 Å². The SMILES string of the molecule is Cc1cc2c(cc1C)C(c1ccc(F)cc1)=NCC(N)=N2. The molecule has 0 radical (unpaired) electrons. The second-order valence-corrected chi connectivity index (χ2v) is 5.23. The summed E-state index contributed by atoms with van der Waals surface area (Å²) < 4.78 is 13.1. The fourth-order valence-electron chi connectivity index (χ4n) is 2.37. The number of hydrogen-bond donors (Lipinski definition) is 1. The molecule has 0 fully saturated rings. The minimum atomic E-state index is -0.260. The van der Waals surface area contributed by atoms with Crippen LogP contribution in [0.2, 0.25) is 0 Å². The van der Waals surface area contributed by atoms with Crippen LogP contribution < -0.4 is 5.73 Å². The number of aliphatic imine (C=N–C) groups is 2. The average Bonchev–Trinajstić information content (AvgIpc) is 2.60. The van der Waals surface area contributed by atoms with Crippen LogP contribution in [0.3, 0.4) is 0 Å². The summed E-state index contributed by atoms with van der Waals surface area (Å²) in [5, 5.41) is 0. The quantitative estimate of drug-likeness (QED) is 0.856. The van der Waals surface area contributed by atoms with Gasteiger partial charge in [-0.1, -0.05) is 0 Å². The second-order valence-electron chi connectivity index (χ2n) is 5.23. The van der Waals surface area contributed by atoms with Crippen molar-refractivity contribution in [1.29, 1.82) is 0 Å². The van der Waals surface area contributed by atoms with Crippen molar-refractivity contribution in [3.8, 4) is 0 Å². The van der Waals surface area contributed by atoms with E-state index >= 15 is 0 Å². The number of nitrogens with zero attached hydrogens (tertiary/aromatic N) is 2. The highest BCUT2D eigenvalue weighted by molar-refractivity contribution is 6.17. The number of rotatable bonds is 1. The molecule has 2 aromatic rings. The molecule has 2 aromatic carbocycles. The lowest BCUT2D eigenvalue weighted by Gasteiger charge is -2.11. The number of fused-ring (bicyclic) bond motifs is 1. The van der Waals surface area contributed by atoms with E-state index in [0.717, 1.165) is 28.1 Å². The number of amidine groups is 1. The summed E-state index contributed by atoms with van der Waals surface area (Å²) in [7, 11) is 0. The molecule has 106 valence electrons. The Hall–Kier alpha value is -2.49. The highest BCUT2D eigenvalue weighted by Gasteiger charge is 2.16. The highest BCUT2D eigenvalue weighted by Crippen LogP contribution is 2.28. The maximum Gasteiger partial charge on any atom is 0.123 e. The maximum atomic E-state index is 13.1. The minimum Gasteiger partial charge on any atom is -0.386 e. The van der Waals surface area contributed by atoms with Gasteiger partial charge < -0.3 is 5.73 Å². The standard InChI is InChI=1S/C17H16FN3/c1-10-7-14-15(8-11(10)2)21-16(19)9-20-17(14)12-3-5-13(18)6-4-12/h3-8H,9H2,1-2H3,(H2,19,21). The number of aryl methyl sites for hydroxylation is 2. The van der Waals surface area contributed by atoms with Gasteiger partial charge in [-0.2, -0.15) is 0 Å². The van der Waals surface area contributed by atoms with Crippen LogP contribution in [0.1, 0.15) is 22.3 Å². The van der Waals surface area contributed by atoms with E-state index < -0.39 is 0 Å². The van der Waals surface area contributed by atoms with E-state index in [2.05, 4.69) is 23.0 Å². The van der Waals surface area contributed by atoms with Crippen LogP contribution in [0, 0.1) is 19.7 Å². The molecule has 2 N–H and O–H groups in total. The van der Waals surface area contributed by atoms with Crippen molar-refractivity contribution in [2.24, 2.45) is 15.7 Å². The summed E-state index contributed by atoms with van der Waals surface area (Å²) >= 11 is 0. The van der Waals surface area contributed by atoms with Gasteiger partial charge in [0.2, 0.25) is 0 Å². The van der Waals surface area contributed by atoms with E-state index in [4.69, 9.17) is 5.73 Å². The smallest absolute Gasteiger partial charge is 0.123 e. The van der Waals surface area contributed by atoms with Gasteiger partial charge in [0.15, 0.2) is 0 Å². The van der Waals surface area contributed by atoms with Gasteiger partial charge in [-0.25, -0.2) is 9.38 Å². The monoisotopic (exact) mass is 281 g/mol. The Morgan fingerprint density at radius 2 is 1.71 bits per heavy atom. The first-order chi connectivity index (χ1) is 10.0. The predicted molar refractivity (Wildman–Crippen MR) is 84.1 cm³/mol. The molecule has 3 rings (SSSR count). The zero-order chi connectivity index (χ0) is 15.0. The van der Waals surface area contributed by atoms with Gasteiger partial charge in [0.25, 0.3) is 0 Å². The van der Waals surface area contributed by atoms with Gasteiger partial charge in [0, 0.05) is 11.1 Å². The second kappa shape index (κ2) is 5.13. The Balaban J connectivity index is 2.21. The van der Waals surface area contributed by atoms with Crippen LogP contribution >= 0.6 is 0 Å². The van der Waals surface area contributed by atoms with Crippen LogP contribution in [0.25, 0.3) is 0 Å². The maximum absolute atomic E-state index is 13.1. The lowest BCUT2D eigenvalue weighted by molar-refractivity contribution is 0.628. The molecule has 1 aliphatic heterocycles. The van der Waals surface area contributed by atoms with E-state index in [0.29, 0.717) is 12.4 Å². The molecule has 0 amide bonds. The lowest BCUT2D eigenvalue weighted by atomic mass is 9.96. The van der Waals surface area contributed by atoms with E-state index in [1.165, 1.54) is 17.7 Å². The Labute approximate surface area is 123 Å². The first kappa shape index (κ1) is 13.5. The van der Waals surface area contributed by atoms with Crippen molar-refractivity contribution < 1.29 is 4.39 Å². The molecule has 0 bridgehead atoms. The van der Waals surface area contributed by atoms with E-state index in [-0.39, 0.29) is 5.82 Å². The molecule has 4 heteroatoms. The molecule has 1 heterocycles. The van der Waals surface area contributed by atoms with Crippen molar-refractivity contribution in [1.82, 2.24) is 0 Å². The predicted octanol–water partition coefficient (Wildman–Crippen LogP) is 3.28. The minimum absolute atomic E-state index is 0.260. The Morgan fingerprint density at radius 1 is 1.05 bits per heavy atom. The summed E-state index contributed by atoms with van der Waals surface area (Å²) in [5.41, 5.74) is 11.6. The van der Waals surface area contributed by atoms with Crippen molar-refractivity contribution in [3.63, 3.8) is 0 Å². The molecule has 0 unspecified atom stereocenters. The fraction of sp³-hybridized carbons (Fsp3) is 0.176. The molecule has 1 aliphatic rings. The zero-order valence-electron chi connectivity index (χ0n) is 12.0. The topological polar surface area (TPSA) is 50.7 Å². The van der Waals surface area contributed by atoms with Crippen molar-refractivity contribution in [2.45, 2.75) is 13.8 Å². The molecule has 3 nitrogen and oxygen atoms in total. The van der Waals surface area contributed by atoms with Gasteiger partial charge >= 0.3 is 0 Å². The molecule has 21 heavy (non-hydrogen) atoms. The van der Waals surface area contributed by atoms with Crippen LogP contribution in [0.5, 0.6) is 0 Å². The van der Waals surface area contributed by atoms with E-state index in [1.807, 2.05) is 13.0 Å². The van der Waals surface area contributed by atoms with Gasteiger partial charge in [-0.3, -0.25) is 4.99 Å². The number of hydrogen-bond acceptors (Lipinski definition) is 3. The molecule has 0 atom stereocenters. The van der Waals surface area contributed by atoms with Crippen LogP contribution in [0.4, 0.5) is 10.1 Å². The van der Waals surface area contributed by atoms with Crippen molar-refractivity contribution in [2.75, 3.05) is 6.54 Å². The summed E-state index contributed by atoms with van der Waals surface area (Å²) in [6.45, 7) is 4.44.